The van der Waals surface area contributed by atoms with Crippen molar-refractivity contribution < 1.29 is 4.79 Å². The third kappa shape index (κ3) is 5.41. The Morgan fingerprint density at radius 1 is 1.43 bits per heavy atom. The lowest BCUT2D eigenvalue weighted by Crippen LogP contribution is -2.31. The molecule has 0 bridgehead atoms. The summed E-state index contributed by atoms with van der Waals surface area (Å²) in [4.78, 5) is 19.8. The molecule has 6 heteroatoms. The van der Waals surface area contributed by atoms with Crippen molar-refractivity contribution in [2.45, 2.75) is 20.3 Å². The zero-order valence-electron chi connectivity index (χ0n) is 13.3. The minimum atomic E-state index is -0.118. The first-order valence-corrected chi connectivity index (χ1v) is 7.06. The van der Waals surface area contributed by atoms with Gasteiger partial charge in [0.15, 0.2) is 0 Å². The summed E-state index contributed by atoms with van der Waals surface area (Å²) in [7, 11) is 3.41. The van der Waals surface area contributed by atoms with Gasteiger partial charge in [0.2, 0.25) is 0 Å². The summed E-state index contributed by atoms with van der Waals surface area (Å²) in [5.41, 5.74) is 6.81. The summed E-state index contributed by atoms with van der Waals surface area (Å²) >= 11 is 0. The maximum atomic E-state index is 12.0. The molecule has 1 amide bonds. The van der Waals surface area contributed by atoms with Gasteiger partial charge in [0.05, 0.1) is 5.84 Å². The van der Waals surface area contributed by atoms with Crippen molar-refractivity contribution in [3.8, 4) is 0 Å². The number of hydrogen-bond acceptors (Lipinski definition) is 4. The van der Waals surface area contributed by atoms with E-state index < -0.39 is 0 Å². The predicted octanol–water partition coefficient (Wildman–Crippen LogP) is 1.57. The van der Waals surface area contributed by atoms with E-state index in [1.54, 1.807) is 26.4 Å². The van der Waals surface area contributed by atoms with Gasteiger partial charge < -0.3 is 15.5 Å². The zero-order chi connectivity index (χ0) is 16.0. The first-order chi connectivity index (χ1) is 9.81. The number of carbonyl (C=O) groups is 1. The SMILES string of the molecule is CC(C)CN(CCC(=N)N)c1ccnc(C(=O)N(C)C)c1. The predicted molar refractivity (Wildman–Crippen MR) is 85.8 cm³/mol. The van der Waals surface area contributed by atoms with Gasteiger partial charge in [-0.2, -0.15) is 0 Å². The van der Waals surface area contributed by atoms with Gasteiger partial charge in [0.1, 0.15) is 5.69 Å². The molecule has 1 aromatic heterocycles. The normalized spacial score (nSPS) is 10.5. The van der Waals surface area contributed by atoms with Crippen LogP contribution in [-0.2, 0) is 0 Å². The minimum Gasteiger partial charge on any atom is -0.388 e. The maximum Gasteiger partial charge on any atom is 0.272 e. The molecule has 0 aliphatic carbocycles. The number of amides is 1. The molecule has 3 N–H and O–H groups in total. The lowest BCUT2D eigenvalue weighted by Gasteiger charge is -2.27. The van der Waals surface area contributed by atoms with Crippen molar-refractivity contribution in [2.24, 2.45) is 11.7 Å². The molecule has 0 radical (unpaired) electrons. The summed E-state index contributed by atoms with van der Waals surface area (Å²) in [6.07, 6.45) is 2.15. The molecule has 1 rings (SSSR count). The van der Waals surface area contributed by atoms with E-state index in [2.05, 4.69) is 23.7 Å². The number of aromatic nitrogens is 1. The van der Waals surface area contributed by atoms with Gasteiger partial charge in [-0.3, -0.25) is 15.2 Å². The summed E-state index contributed by atoms with van der Waals surface area (Å²) in [6, 6.07) is 3.68. The molecule has 1 heterocycles. The molecule has 0 aromatic carbocycles. The molecular formula is C15H25N5O. The standard InChI is InChI=1S/C15H25N5O/c1-11(2)10-20(8-6-14(16)17)12-5-7-18-13(9-12)15(21)19(3)4/h5,7,9,11H,6,8,10H2,1-4H3,(H3,16,17). The Bertz CT molecular complexity index is 499. The second kappa shape index (κ2) is 7.61. The summed E-state index contributed by atoms with van der Waals surface area (Å²) in [5, 5.41) is 7.38. The van der Waals surface area contributed by atoms with Crippen LogP contribution in [0.5, 0.6) is 0 Å². The molecular weight excluding hydrogens is 266 g/mol. The van der Waals surface area contributed by atoms with Crippen LogP contribution in [0.25, 0.3) is 0 Å². The van der Waals surface area contributed by atoms with E-state index in [1.165, 1.54) is 4.90 Å². The van der Waals surface area contributed by atoms with Crippen LogP contribution in [0.2, 0.25) is 0 Å². The van der Waals surface area contributed by atoms with E-state index in [0.29, 0.717) is 24.6 Å². The van der Waals surface area contributed by atoms with Crippen LogP contribution in [0.1, 0.15) is 30.8 Å². The lowest BCUT2D eigenvalue weighted by molar-refractivity contribution is 0.0822. The number of amidine groups is 1. The Kier molecular flexibility index (Phi) is 6.14. The van der Waals surface area contributed by atoms with E-state index in [-0.39, 0.29) is 11.7 Å². The number of pyridine rings is 1. The first kappa shape index (κ1) is 16.9. The monoisotopic (exact) mass is 291 g/mol. The molecule has 0 atom stereocenters. The molecule has 0 spiro atoms. The number of nitrogens with two attached hydrogens (primary N) is 1. The van der Waals surface area contributed by atoms with Crippen molar-refractivity contribution in [2.75, 3.05) is 32.1 Å². The topological polar surface area (TPSA) is 86.3 Å². The van der Waals surface area contributed by atoms with Gasteiger partial charge in [-0.25, -0.2) is 0 Å². The number of carbonyl (C=O) groups excluding carboxylic acids is 1. The van der Waals surface area contributed by atoms with Crippen molar-refractivity contribution in [3.63, 3.8) is 0 Å². The highest BCUT2D eigenvalue weighted by Gasteiger charge is 2.14. The van der Waals surface area contributed by atoms with Crippen LogP contribution < -0.4 is 10.6 Å². The Morgan fingerprint density at radius 2 is 2.10 bits per heavy atom. The Morgan fingerprint density at radius 3 is 2.62 bits per heavy atom. The van der Waals surface area contributed by atoms with Gasteiger partial charge >= 0.3 is 0 Å². The summed E-state index contributed by atoms with van der Waals surface area (Å²) < 4.78 is 0. The molecule has 0 saturated heterocycles. The van der Waals surface area contributed by atoms with Crippen LogP contribution in [-0.4, -0.2) is 48.8 Å². The number of hydrogen-bond donors (Lipinski definition) is 2. The van der Waals surface area contributed by atoms with Crippen LogP contribution in [0, 0.1) is 11.3 Å². The third-order valence-electron chi connectivity index (χ3n) is 2.97. The van der Waals surface area contributed by atoms with E-state index >= 15 is 0 Å². The third-order valence-corrected chi connectivity index (χ3v) is 2.97. The lowest BCUT2D eigenvalue weighted by atomic mass is 10.1. The summed E-state index contributed by atoms with van der Waals surface area (Å²) in [6.45, 7) is 5.77. The van der Waals surface area contributed by atoms with Gasteiger partial charge in [0, 0.05) is 45.5 Å². The van der Waals surface area contributed by atoms with Crippen LogP contribution in [0.3, 0.4) is 0 Å². The Labute approximate surface area is 126 Å². The molecule has 0 aliphatic heterocycles. The highest BCUT2D eigenvalue weighted by Crippen LogP contribution is 2.17. The van der Waals surface area contributed by atoms with Gasteiger partial charge in [-0.15, -0.1) is 0 Å². The maximum absolute atomic E-state index is 12.0. The molecule has 0 unspecified atom stereocenters. The van der Waals surface area contributed by atoms with Gasteiger partial charge in [0.25, 0.3) is 5.91 Å². The van der Waals surface area contributed by atoms with Gasteiger partial charge in [-0.1, -0.05) is 13.8 Å². The largest absolute Gasteiger partial charge is 0.388 e. The molecule has 0 saturated carbocycles. The van der Waals surface area contributed by atoms with Gasteiger partial charge in [-0.05, 0) is 18.1 Å². The first-order valence-electron chi connectivity index (χ1n) is 7.06. The van der Waals surface area contributed by atoms with Crippen LogP contribution in [0.4, 0.5) is 5.69 Å². The minimum absolute atomic E-state index is 0.118. The van der Waals surface area contributed by atoms with Crippen molar-refractivity contribution in [1.82, 2.24) is 9.88 Å². The fourth-order valence-corrected chi connectivity index (χ4v) is 1.98. The van der Waals surface area contributed by atoms with Crippen molar-refractivity contribution in [3.05, 3.63) is 24.0 Å². The molecule has 0 fully saturated rings. The Balaban J connectivity index is 2.98. The Hall–Kier alpha value is -2.11. The van der Waals surface area contributed by atoms with Crippen molar-refractivity contribution in [1.29, 1.82) is 5.41 Å². The number of anilines is 1. The quantitative estimate of drug-likeness (QED) is 0.590. The average molecular weight is 291 g/mol. The molecule has 21 heavy (non-hydrogen) atoms. The van der Waals surface area contributed by atoms with Crippen molar-refractivity contribution >= 4 is 17.4 Å². The molecule has 6 nitrogen and oxygen atoms in total. The second-order valence-electron chi connectivity index (χ2n) is 5.71. The zero-order valence-corrected chi connectivity index (χ0v) is 13.3. The van der Waals surface area contributed by atoms with E-state index in [9.17, 15) is 4.79 Å². The average Bonchev–Trinajstić information content (AvgIpc) is 2.42. The number of nitrogens with zero attached hydrogens (tertiary/aromatic N) is 3. The highest BCUT2D eigenvalue weighted by atomic mass is 16.2. The van der Waals surface area contributed by atoms with E-state index in [0.717, 1.165) is 12.2 Å². The molecule has 0 aliphatic rings. The fourth-order valence-electron chi connectivity index (χ4n) is 1.98. The van der Waals surface area contributed by atoms with E-state index in [4.69, 9.17) is 11.1 Å². The number of nitrogens with one attached hydrogen (secondary N) is 1. The van der Waals surface area contributed by atoms with Crippen LogP contribution >= 0.6 is 0 Å². The molecule has 116 valence electrons. The smallest absolute Gasteiger partial charge is 0.272 e. The number of rotatable bonds is 7. The van der Waals surface area contributed by atoms with Crippen LogP contribution in [0.15, 0.2) is 18.3 Å². The molecule has 1 aromatic rings. The highest BCUT2D eigenvalue weighted by molar-refractivity contribution is 5.92. The second-order valence-corrected chi connectivity index (χ2v) is 5.71. The van der Waals surface area contributed by atoms with E-state index in [1.807, 2.05) is 6.07 Å². The summed E-state index contributed by atoms with van der Waals surface area (Å²) in [5.74, 6) is 0.522. The fraction of sp³-hybridized carbons (Fsp3) is 0.533.